The summed E-state index contributed by atoms with van der Waals surface area (Å²) in [6.45, 7) is 0. The lowest BCUT2D eigenvalue weighted by Gasteiger charge is -1.85. The molecule has 0 unspecified atom stereocenters. The second kappa shape index (κ2) is 2.45. The van der Waals surface area contributed by atoms with E-state index in [9.17, 15) is 8.42 Å². The van der Waals surface area contributed by atoms with Gasteiger partial charge in [0.05, 0.1) is 0 Å². The van der Waals surface area contributed by atoms with Crippen LogP contribution in [0.4, 0.5) is 0 Å². The van der Waals surface area contributed by atoms with E-state index in [1.165, 1.54) is 10.7 Å². The molecule has 0 aliphatic carbocycles. The fourth-order valence-corrected chi connectivity index (χ4v) is 1.16. The average molecular weight is 184 g/mol. The Morgan fingerprint density at radius 3 is 3.00 bits per heavy atom. The van der Waals surface area contributed by atoms with Gasteiger partial charge in [0.2, 0.25) is 0 Å². The molecular weight excluding hydrogens is 180 g/mol. The van der Waals surface area contributed by atoms with E-state index in [4.69, 9.17) is 0 Å². The first-order valence-corrected chi connectivity index (χ1v) is 4.16. The highest BCUT2D eigenvalue weighted by atomic mass is 32.2. The first-order valence-electron chi connectivity index (χ1n) is 3.09. The molecule has 0 saturated carbocycles. The summed E-state index contributed by atoms with van der Waals surface area (Å²) in [7, 11) is -2.34. The van der Waals surface area contributed by atoms with Crippen molar-refractivity contribution in [2.75, 3.05) is 0 Å². The molecule has 12 heavy (non-hydrogen) atoms. The fourth-order valence-electron chi connectivity index (χ4n) is 0.827. The molecule has 0 atom stereocenters. The smallest absolute Gasteiger partial charge is 0.262 e. The lowest BCUT2D eigenvalue weighted by Crippen LogP contribution is -1.86. The highest BCUT2D eigenvalue weighted by Gasteiger charge is 1.94. The van der Waals surface area contributed by atoms with Crippen LogP contribution in [0.15, 0.2) is 18.5 Å². The highest BCUT2D eigenvalue weighted by Crippen LogP contribution is 1.90. The van der Waals surface area contributed by atoms with Crippen molar-refractivity contribution >= 4 is 16.1 Å². The van der Waals surface area contributed by atoms with Crippen molar-refractivity contribution in [1.29, 1.82) is 0 Å². The molecule has 2 rings (SSSR count). The van der Waals surface area contributed by atoms with Crippen molar-refractivity contribution in [1.82, 2.24) is 19.6 Å². The minimum absolute atomic E-state index is 0.117. The third kappa shape index (κ3) is 0.996. The maximum absolute atomic E-state index is 10.4. The quantitative estimate of drug-likeness (QED) is 0.558. The number of rotatable bonds is 0. The largest absolute Gasteiger partial charge is 0.272 e. The minimum atomic E-state index is -2.34. The van der Waals surface area contributed by atoms with Crippen LogP contribution in [0.1, 0.15) is 0 Å². The van der Waals surface area contributed by atoms with Crippen molar-refractivity contribution < 1.29 is 8.42 Å². The number of fused-ring (bicyclic) bond motifs is 1. The maximum atomic E-state index is 10.4. The lowest BCUT2D eigenvalue weighted by atomic mass is 10.7. The van der Waals surface area contributed by atoms with E-state index in [-0.39, 0.29) is 4.77 Å². The van der Waals surface area contributed by atoms with Gasteiger partial charge in [0, 0.05) is 12.4 Å². The Kier molecular flexibility index (Phi) is 1.44. The summed E-state index contributed by atoms with van der Waals surface area (Å²) in [5, 5.41) is 2.53. The van der Waals surface area contributed by atoms with Crippen LogP contribution in [0.3, 0.4) is 0 Å². The summed E-state index contributed by atoms with van der Waals surface area (Å²) < 4.78 is 22.2. The van der Waals surface area contributed by atoms with E-state index in [0.717, 1.165) is 0 Å². The average Bonchev–Trinajstić information content (AvgIpc) is 2.46. The molecule has 0 aliphatic rings. The fraction of sp³-hybridized carbons (Fsp3) is 0. The molecule has 1 N–H and O–H groups in total. The predicted molar refractivity (Wildman–Crippen MR) is 39.5 cm³/mol. The second-order valence-electron chi connectivity index (χ2n) is 2.05. The van der Waals surface area contributed by atoms with Gasteiger partial charge in [-0.1, -0.05) is 0 Å². The van der Waals surface area contributed by atoms with E-state index in [2.05, 4.69) is 15.1 Å². The Labute approximate surface area is 68.0 Å². The van der Waals surface area contributed by atoms with Gasteiger partial charge >= 0.3 is 0 Å². The lowest BCUT2D eigenvalue weighted by molar-refractivity contribution is 0.623. The van der Waals surface area contributed by atoms with E-state index in [0.29, 0.717) is 5.78 Å². The molecule has 0 aliphatic heterocycles. The van der Waals surface area contributed by atoms with Crippen LogP contribution in [0, 0.1) is 4.77 Å². The Hall–Kier alpha value is -1.63. The van der Waals surface area contributed by atoms with Crippen molar-refractivity contribution in [2.24, 2.45) is 0 Å². The molecule has 2 aromatic rings. The number of hydrogen-bond donors (Lipinski definition) is 1. The summed E-state index contributed by atoms with van der Waals surface area (Å²) in [5.74, 6) is 0.330. The summed E-state index contributed by atoms with van der Waals surface area (Å²) >= 11 is 0. The zero-order valence-electron chi connectivity index (χ0n) is 5.80. The molecule has 0 amide bonds. The molecule has 62 valence electrons. The van der Waals surface area contributed by atoms with Crippen LogP contribution in [-0.4, -0.2) is 28.0 Å². The Morgan fingerprint density at radius 2 is 2.33 bits per heavy atom. The molecule has 0 fully saturated rings. The Bertz CT molecular complexity index is 535. The zero-order chi connectivity index (χ0) is 8.55. The normalized spacial score (nSPS) is 10.3. The molecule has 2 aromatic heterocycles. The molecule has 0 radical (unpaired) electrons. The van der Waals surface area contributed by atoms with E-state index < -0.39 is 10.3 Å². The van der Waals surface area contributed by atoms with Gasteiger partial charge in [-0.25, -0.2) is 9.50 Å². The summed E-state index contributed by atoms with van der Waals surface area (Å²) in [4.78, 5) is 7.53. The van der Waals surface area contributed by atoms with Crippen LogP contribution in [0.25, 0.3) is 5.78 Å². The van der Waals surface area contributed by atoms with Gasteiger partial charge in [-0.3, -0.25) is 5.10 Å². The van der Waals surface area contributed by atoms with E-state index in [1.807, 2.05) is 0 Å². The van der Waals surface area contributed by atoms with Gasteiger partial charge in [0.1, 0.15) is 0 Å². The number of H-pyrrole nitrogens is 1. The van der Waals surface area contributed by atoms with Gasteiger partial charge in [-0.15, -0.1) is 0 Å². The van der Waals surface area contributed by atoms with Gasteiger partial charge in [-0.2, -0.15) is 13.4 Å². The van der Waals surface area contributed by atoms with E-state index >= 15 is 0 Å². The standard InChI is InChI=1S/C5H4N4O2S/c10-12(11)5-7-4-6-2-1-3-9(4)8-5/h1-3,8H. The first kappa shape index (κ1) is 7.04. The van der Waals surface area contributed by atoms with E-state index in [1.54, 1.807) is 12.3 Å². The van der Waals surface area contributed by atoms with Crippen molar-refractivity contribution in [2.45, 2.75) is 0 Å². The topological polar surface area (TPSA) is 80.1 Å². The first-order chi connectivity index (χ1) is 5.77. The molecule has 7 heteroatoms. The maximum Gasteiger partial charge on any atom is 0.272 e. The number of nitrogens with one attached hydrogen (secondary N) is 1. The van der Waals surface area contributed by atoms with Crippen molar-refractivity contribution in [3.63, 3.8) is 0 Å². The molecule has 0 aromatic carbocycles. The molecule has 6 nitrogen and oxygen atoms in total. The van der Waals surface area contributed by atoms with Crippen LogP contribution < -0.4 is 0 Å². The number of aromatic nitrogens is 4. The van der Waals surface area contributed by atoms with Gasteiger partial charge in [-0.05, 0) is 6.07 Å². The van der Waals surface area contributed by atoms with Crippen LogP contribution >= 0.6 is 0 Å². The SMILES string of the molecule is O=S(=O)=c1nc2ncccn2[nH]1. The predicted octanol–water partition coefficient (Wildman–Crippen LogP) is -0.532. The molecular formula is C5H4N4O2S. The number of hydrogen-bond acceptors (Lipinski definition) is 4. The highest BCUT2D eigenvalue weighted by molar-refractivity contribution is 7.63. The van der Waals surface area contributed by atoms with Gasteiger partial charge < -0.3 is 0 Å². The summed E-state index contributed by atoms with van der Waals surface area (Å²) in [5.41, 5.74) is 0. The Balaban J connectivity index is 3.08. The van der Waals surface area contributed by atoms with Crippen molar-refractivity contribution in [3.8, 4) is 0 Å². The minimum Gasteiger partial charge on any atom is -0.262 e. The third-order valence-electron chi connectivity index (χ3n) is 1.30. The number of nitrogens with zero attached hydrogens (tertiary/aromatic N) is 3. The molecule has 2 heterocycles. The number of aromatic amines is 1. The summed E-state index contributed by atoms with van der Waals surface area (Å²) in [6, 6.07) is 1.67. The second-order valence-corrected chi connectivity index (χ2v) is 2.91. The Morgan fingerprint density at radius 1 is 1.50 bits per heavy atom. The monoisotopic (exact) mass is 184 g/mol. The molecule has 0 spiro atoms. The zero-order valence-corrected chi connectivity index (χ0v) is 6.61. The third-order valence-corrected chi connectivity index (χ3v) is 1.80. The van der Waals surface area contributed by atoms with Crippen LogP contribution in [0.2, 0.25) is 0 Å². The van der Waals surface area contributed by atoms with Crippen LogP contribution in [-0.2, 0) is 10.3 Å². The summed E-state index contributed by atoms with van der Waals surface area (Å²) in [6.07, 6.45) is 3.17. The van der Waals surface area contributed by atoms with Crippen molar-refractivity contribution in [3.05, 3.63) is 23.2 Å². The van der Waals surface area contributed by atoms with Crippen LogP contribution in [0.5, 0.6) is 0 Å². The molecule has 0 saturated heterocycles. The van der Waals surface area contributed by atoms with Gasteiger partial charge in [0.25, 0.3) is 20.8 Å². The van der Waals surface area contributed by atoms with Gasteiger partial charge in [0.15, 0.2) is 0 Å². The molecule has 0 bridgehead atoms.